The number of aryl methyl sites for hydroxylation is 1. The van der Waals surface area contributed by atoms with Gasteiger partial charge in [0.2, 0.25) is 0 Å². The van der Waals surface area contributed by atoms with Gasteiger partial charge in [-0.1, -0.05) is 156 Å². The zero-order chi connectivity index (χ0) is 45.7. The zero-order valence-electron chi connectivity index (χ0n) is 39.1. The van der Waals surface area contributed by atoms with Crippen molar-refractivity contribution in [1.82, 2.24) is 9.80 Å². The van der Waals surface area contributed by atoms with Gasteiger partial charge >= 0.3 is 0 Å². The van der Waals surface area contributed by atoms with Crippen molar-refractivity contribution in [3.05, 3.63) is 65.5 Å². The number of nitrogens with zero attached hydrogens (tertiary/aromatic N) is 2. The monoisotopic (exact) mass is 1060 g/mol. The fourth-order valence-corrected chi connectivity index (χ4v) is 12.9. The van der Waals surface area contributed by atoms with Crippen molar-refractivity contribution < 1.29 is 19.2 Å². The van der Waals surface area contributed by atoms with Gasteiger partial charge in [0.25, 0.3) is 23.6 Å². The van der Waals surface area contributed by atoms with E-state index in [-0.39, 0.29) is 35.7 Å². The molecule has 4 amide bonds. The highest BCUT2D eigenvalue weighted by Gasteiger charge is 2.43. The highest BCUT2D eigenvalue weighted by molar-refractivity contribution is 9.11. The summed E-state index contributed by atoms with van der Waals surface area (Å²) < 4.78 is 1.94. The minimum Gasteiger partial charge on any atom is -0.271 e. The summed E-state index contributed by atoms with van der Waals surface area (Å²) in [7, 11) is 0. The second-order valence-electron chi connectivity index (χ2n) is 19.0. The number of hydrogen-bond acceptors (Lipinski definition) is 4. The van der Waals surface area contributed by atoms with Gasteiger partial charge in [-0.05, 0) is 143 Å². The molecule has 2 aliphatic heterocycles. The Morgan fingerprint density at radius 1 is 0.375 bits per heavy atom. The van der Waals surface area contributed by atoms with Gasteiger partial charge in [0.15, 0.2) is 0 Å². The first-order chi connectivity index (χ1) is 31.0. The van der Waals surface area contributed by atoms with Crippen molar-refractivity contribution >= 4 is 115 Å². The maximum atomic E-state index is 15.0. The van der Waals surface area contributed by atoms with Crippen molar-refractivity contribution in [2.45, 2.75) is 201 Å². The number of unbranched alkanes of at least 4 members (excludes halogenated alkanes) is 16. The van der Waals surface area contributed by atoms with Crippen LogP contribution < -0.4 is 0 Å². The molecular weight excluding hydrogens is 992 g/mol. The first kappa shape index (κ1) is 49.0. The van der Waals surface area contributed by atoms with Crippen LogP contribution in [0.5, 0.6) is 0 Å². The predicted molar refractivity (Wildman–Crippen MR) is 278 cm³/mol. The van der Waals surface area contributed by atoms with Crippen LogP contribution in [0.3, 0.4) is 0 Å². The lowest BCUT2D eigenvalue weighted by Crippen LogP contribution is -2.47. The van der Waals surface area contributed by atoms with Crippen LogP contribution in [0.4, 0.5) is 0 Å². The lowest BCUT2D eigenvalue weighted by atomic mass is 9.80. The van der Waals surface area contributed by atoms with E-state index in [2.05, 4.69) is 81.6 Å². The SMILES string of the molecule is CCCCCCCC(CCCCCCC)N1C(=O)c2c(C)cc3c4cc(Br)c5c6c(c(Br)cc(c7cc(Br)c(c2c37)C1=O)c64)C(=O)N(C(CCCCCCC)CCCCCCC)C5=O. The van der Waals surface area contributed by atoms with Crippen LogP contribution in [0.15, 0.2) is 37.7 Å². The Kier molecular flexibility index (Phi) is 17.1. The van der Waals surface area contributed by atoms with Gasteiger partial charge in [-0.25, -0.2) is 0 Å². The summed E-state index contributed by atoms with van der Waals surface area (Å²) in [6, 6.07) is 7.89. The molecule has 2 heterocycles. The molecule has 344 valence electrons. The van der Waals surface area contributed by atoms with E-state index in [4.69, 9.17) is 0 Å². The quantitative estimate of drug-likeness (QED) is 0.0239. The van der Waals surface area contributed by atoms with Crippen LogP contribution in [0.2, 0.25) is 0 Å². The first-order valence-electron chi connectivity index (χ1n) is 25.1. The Hall–Kier alpha value is -2.88. The number of rotatable bonds is 26. The molecule has 0 bridgehead atoms. The van der Waals surface area contributed by atoms with Crippen molar-refractivity contribution in [2.75, 3.05) is 0 Å². The molecule has 0 N–H and O–H groups in total. The van der Waals surface area contributed by atoms with E-state index in [1.54, 1.807) is 9.80 Å². The molecule has 0 atom stereocenters. The van der Waals surface area contributed by atoms with E-state index in [0.29, 0.717) is 46.4 Å². The molecule has 7 rings (SSSR count). The molecule has 0 fully saturated rings. The molecule has 2 aliphatic rings. The maximum absolute atomic E-state index is 15.0. The number of halogens is 3. The molecule has 6 nitrogen and oxygen atoms in total. The largest absolute Gasteiger partial charge is 0.271 e. The van der Waals surface area contributed by atoms with Crippen LogP contribution in [0, 0.1) is 6.92 Å². The lowest BCUT2D eigenvalue weighted by molar-refractivity contribution is 0.0500. The highest BCUT2D eigenvalue weighted by atomic mass is 79.9. The van der Waals surface area contributed by atoms with Crippen LogP contribution in [-0.4, -0.2) is 45.5 Å². The molecular formula is C55H69Br3N2O4. The standard InChI is InChI=1S/C55H69Br3N2O4/c1-6-10-14-18-22-26-35(27-23-19-15-11-7-2)59-52(61)44-34(5)30-37-38-31-42(57)48-51-46(38)40(39-32-41(56)47(53(59)62)50(44)45(37)39)33-43(58)49(51)55(64)60(54(48)63)36(28-24-20-16-12-8-3)29-25-21-17-13-9-4/h30-33,35-36H,6-29H2,1-5H3. The summed E-state index contributed by atoms with van der Waals surface area (Å²) in [5, 5.41) is 6.64. The minimum absolute atomic E-state index is 0.162. The van der Waals surface area contributed by atoms with Crippen molar-refractivity contribution in [3.8, 4) is 0 Å². The van der Waals surface area contributed by atoms with E-state index in [1.807, 2.05) is 25.1 Å². The number of amides is 4. The normalized spacial score (nSPS) is 14.2. The second kappa shape index (κ2) is 22.3. The predicted octanol–water partition coefficient (Wildman–Crippen LogP) is 17.7. The fraction of sp³-hybridized carbons (Fsp3) is 0.564. The third-order valence-electron chi connectivity index (χ3n) is 14.5. The average molecular weight is 1060 g/mol. The van der Waals surface area contributed by atoms with Crippen molar-refractivity contribution in [2.24, 2.45) is 0 Å². The van der Waals surface area contributed by atoms with Gasteiger partial charge in [0, 0.05) is 36.3 Å². The van der Waals surface area contributed by atoms with E-state index < -0.39 is 0 Å². The molecule has 0 saturated heterocycles. The number of imide groups is 2. The summed E-state index contributed by atoms with van der Waals surface area (Å²) >= 11 is 11.7. The fourth-order valence-electron chi connectivity index (χ4n) is 11.1. The van der Waals surface area contributed by atoms with Gasteiger partial charge in [-0.2, -0.15) is 0 Å². The first-order valence-corrected chi connectivity index (χ1v) is 27.4. The second-order valence-corrected chi connectivity index (χ2v) is 21.6. The zero-order valence-corrected chi connectivity index (χ0v) is 43.9. The molecule has 0 saturated carbocycles. The van der Waals surface area contributed by atoms with Gasteiger partial charge in [-0.15, -0.1) is 0 Å². The van der Waals surface area contributed by atoms with Gasteiger partial charge in [0.1, 0.15) is 0 Å². The summed E-state index contributed by atoms with van der Waals surface area (Å²) in [6.45, 7) is 10.9. The molecule has 0 aliphatic carbocycles. The third kappa shape index (κ3) is 9.48. The Bertz CT molecular complexity index is 2200. The van der Waals surface area contributed by atoms with E-state index >= 15 is 19.2 Å². The van der Waals surface area contributed by atoms with Gasteiger partial charge < -0.3 is 0 Å². The summed E-state index contributed by atoms with van der Waals surface area (Å²) in [5.41, 5.74) is 3.02. The van der Waals surface area contributed by atoms with Crippen LogP contribution >= 0.6 is 47.8 Å². The molecule has 0 unspecified atom stereocenters. The number of hydrogen-bond donors (Lipinski definition) is 0. The van der Waals surface area contributed by atoms with Crippen molar-refractivity contribution in [3.63, 3.8) is 0 Å². The Morgan fingerprint density at radius 2 is 0.641 bits per heavy atom. The topological polar surface area (TPSA) is 74.8 Å². The van der Waals surface area contributed by atoms with Crippen LogP contribution in [0.25, 0.3) is 43.1 Å². The minimum atomic E-state index is -0.234. The number of carbonyl (C=O) groups excluding carboxylic acids is 4. The summed E-state index contributed by atoms with van der Waals surface area (Å²) in [5.74, 6) is -0.888. The molecule has 0 aromatic heterocycles. The van der Waals surface area contributed by atoms with E-state index in [0.717, 1.165) is 115 Å². The van der Waals surface area contributed by atoms with Crippen molar-refractivity contribution in [1.29, 1.82) is 0 Å². The number of benzene rings is 5. The molecule has 9 heteroatoms. The molecule has 5 aromatic rings. The molecule has 0 spiro atoms. The van der Waals surface area contributed by atoms with Gasteiger partial charge in [-0.3, -0.25) is 29.0 Å². The average Bonchev–Trinajstić information content (AvgIpc) is 3.26. The lowest BCUT2D eigenvalue weighted by Gasteiger charge is -2.37. The van der Waals surface area contributed by atoms with E-state index in [9.17, 15) is 0 Å². The molecule has 0 radical (unpaired) electrons. The third-order valence-corrected chi connectivity index (χ3v) is 16.3. The van der Waals surface area contributed by atoms with E-state index in [1.165, 1.54) is 77.0 Å². The Balaban J connectivity index is 1.35. The number of fused-ring (bicyclic) bond motifs is 2. The van der Waals surface area contributed by atoms with Crippen LogP contribution in [-0.2, 0) is 0 Å². The smallest absolute Gasteiger partial charge is 0.262 e. The van der Waals surface area contributed by atoms with Gasteiger partial charge in [0.05, 0.1) is 22.3 Å². The highest BCUT2D eigenvalue weighted by Crippen LogP contribution is 2.52. The maximum Gasteiger partial charge on any atom is 0.262 e. The molecule has 64 heavy (non-hydrogen) atoms. The number of carbonyl (C=O) groups is 4. The Labute approximate surface area is 407 Å². The molecule has 5 aromatic carbocycles. The Morgan fingerprint density at radius 3 is 0.953 bits per heavy atom. The summed E-state index contributed by atoms with van der Waals surface area (Å²) in [4.78, 5) is 63.3. The van der Waals surface area contributed by atoms with Crippen LogP contribution in [0.1, 0.15) is 229 Å². The summed E-state index contributed by atoms with van der Waals surface area (Å²) in [6.07, 6.45) is 25.7.